The van der Waals surface area contributed by atoms with Crippen LogP contribution in [-0.2, 0) is 0 Å². The van der Waals surface area contributed by atoms with Gasteiger partial charge in [0.25, 0.3) is 0 Å². The molecule has 0 aliphatic carbocycles. The third-order valence-electron chi connectivity index (χ3n) is 4.15. The fourth-order valence-electron chi connectivity index (χ4n) is 2.60. The largest absolute Gasteiger partial charge is 0.398 e. The van der Waals surface area contributed by atoms with E-state index < -0.39 is 0 Å². The summed E-state index contributed by atoms with van der Waals surface area (Å²) < 4.78 is 0. The summed E-state index contributed by atoms with van der Waals surface area (Å²) in [6.07, 6.45) is 0.840. The monoisotopic (exact) mass is 324 g/mol. The molecule has 2 aromatic carbocycles. The number of hydrogen-bond acceptors (Lipinski definition) is 4. The van der Waals surface area contributed by atoms with Crippen molar-refractivity contribution in [1.29, 1.82) is 0 Å². The van der Waals surface area contributed by atoms with Crippen molar-refractivity contribution >= 4 is 17.3 Å². The van der Waals surface area contributed by atoms with Gasteiger partial charge in [-0.2, -0.15) is 0 Å². The average Bonchev–Trinajstić information content (AvgIpc) is 2.58. The highest BCUT2D eigenvalue weighted by Gasteiger charge is 2.12. The lowest BCUT2D eigenvalue weighted by atomic mass is 10.0. The second kappa shape index (κ2) is 8.41. The molecule has 0 aliphatic heterocycles. The van der Waals surface area contributed by atoms with Gasteiger partial charge < -0.3 is 10.6 Å². The Labute approximate surface area is 143 Å². The van der Waals surface area contributed by atoms with Gasteiger partial charge in [0.1, 0.15) is 0 Å². The topological polar surface area (TPSA) is 63.4 Å². The van der Waals surface area contributed by atoms with Crippen molar-refractivity contribution in [3.05, 3.63) is 65.2 Å². The van der Waals surface area contributed by atoms with Gasteiger partial charge >= 0.3 is 0 Å². The number of carbonyl (C=O) groups excluding carboxylic acids is 2. The molecule has 4 heteroatoms. The second-order valence-electron chi connectivity index (χ2n) is 6.05. The lowest BCUT2D eigenvalue weighted by Gasteiger charge is -2.16. The van der Waals surface area contributed by atoms with Gasteiger partial charge in [-0.3, -0.25) is 9.59 Å². The number of benzene rings is 2. The van der Waals surface area contributed by atoms with E-state index in [1.807, 2.05) is 55.3 Å². The molecule has 4 nitrogen and oxygen atoms in total. The predicted octanol–water partition coefficient (Wildman–Crippen LogP) is 3.35. The van der Waals surface area contributed by atoms with Gasteiger partial charge in [0.15, 0.2) is 11.6 Å². The number of carbonyl (C=O) groups is 2. The molecular formula is C20H24N2O2. The summed E-state index contributed by atoms with van der Waals surface area (Å²) in [7, 11) is 1.92. The van der Waals surface area contributed by atoms with Crippen LogP contribution in [0.25, 0.3) is 0 Å². The molecule has 0 fully saturated rings. The zero-order valence-electron chi connectivity index (χ0n) is 14.3. The van der Waals surface area contributed by atoms with Gasteiger partial charge in [-0.05, 0) is 31.7 Å². The van der Waals surface area contributed by atoms with Crippen molar-refractivity contribution in [3.8, 4) is 0 Å². The predicted molar refractivity (Wildman–Crippen MR) is 97.4 cm³/mol. The van der Waals surface area contributed by atoms with E-state index in [0.29, 0.717) is 37.2 Å². The zero-order valence-corrected chi connectivity index (χ0v) is 14.3. The Morgan fingerprint density at radius 2 is 1.38 bits per heavy atom. The Bertz CT molecular complexity index is 664. The number of nitrogens with zero attached hydrogens (tertiary/aromatic N) is 1. The fourth-order valence-corrected chi connectivity index (χ4v) is 2.60. The second-order valence-corrected chi connectivity index (χ2v) is 6.05. The number of anilines is 1. The Balaban J connectivity index is 1.80. The molecule has 0 atom stereocenters. The van der Waals surface area contributed by atoms with E-state index in [0.717, 1.165) is 11.1 Å². The van der Waals surface area contributed by atoms with Gasteiger partial charge in [-0.1, -0.05) is 36.4 Å². The summed E-state index contributed by atoms with van der Waals surface area (Å²) in [5.74, 6) is 0.170. The van der Waals surface area contributed by atoms with Crippen molar-refractivity contribution in [3.63, 3.8) is 0 Å². The standard InChI is InChI=1S/C20H24N2O2/c1-15-7-3-4-8-16(15)19(23)11-13-22(2)14-12-20(24)17-9-5-6-10-18(17)21/h3-10H,11-14,21H2,1-2H3. The highest BCUT2D eigenvalue weighted by Crippen LogP contribution is 2.13. The molecule has 0 unspecified atom stereocenters. The summed E-state index contributed by atoms with van der Waals surface area (Å²) in [6.45, 7) is 3.18. The lowest BCUT2D eigenvalue weighted by Crippen LogP contribution is -2.25. The van der Waals surface area contributed by atoms with Gasteiger partial charge in [-0.15, -0.1) is 0 Å². The first kappa shape index (κ1) is 17.9. The maximum absolute atomic E-state index is 12.3. The van der Waals surface area contributed by atoms with Gasteiger partial charge in [0.05, 0.1) is 0 Å². The van der Waals surface area contributed by atoms with Crippen LogP contribution in [0.2, 0.25) is 0 Å². The van der Waals surface area contributed by atoms with Crippen LogP contribution in [0.1, 0.15) is 39.1 Å². The summed E-state index contributed by atoms with van der Waals surface area (Å²) in [5, 5.41) is 0. The maximum atomic E-state index is 12.3. The number of hydrogen-bond donors (Lipinski definition) is 1. The van der Waals surface area contributed by atoms with Crippen molar-refractivity contribution in [2.24, 2.45) is 0 Å². The number of Topliss-reactive ketones (excluding diaryl/α,β-unsaturated/α-hetero) is 2. The first-order valence-electron chi connectivity index (χ1n) is 8.14. The number of ketones is 2. The molecule has 0 aliphatic rings. The third kappa shape index (κ3) is 4.77. The normalized spacial score (nSPS) is 10.8. The van der Waals surface area contributed by atoms with Crippen LogP contribution in [0.5, 0.6) is 0 Å². The molecule has 0 heterocycles. The average molecular weight is 324 g/mol. The SMILES string of the molecule is Cc1ccccc1C(=O)CCN(C)CCC(=O)c1ccccc1N. The first-order valence-corrected chi connectivity index (χ1v) is 8.14. The molecule has 0 bridgehead atoms. The van der Waals surface area contributed by atoms with E-state index in [4.69, 9.17) is 5.73 Å². The first-order chi connectivity index (χ1) is 11.5. The molecule has 24 heavy (non-hydrogen) atoms. The fraction of sp³-hybridized carbons (Fsp3) is 0.300. The third-order valence-corrected chi connectivity index (χ3v) is 4.15. The maximum Gasteiger partial charge on any atom is 0.166 e. The van der Waals surface area contributed by atoms with Crippen molar-refractivity contribution in [1.82, 2.24) is 4.90 Å². The van der Waals surface area contributed by atoms with E-state index in [1.54, 1.807) is 12.1 Å². The number of nitrogen functional groups attached to an aromatic ring is 1. The number of aryl methyl sites for hydroxylation is 1. The van der Waals surface area contributed by atoms with Crippen LogP contribution in [0.15, 0.2) is 48.5 Å². The van der Waals surface area contributed by atoms with E-state index >= 15 is 0 Å². The summed E-state index contributed by atoms with van der Waals surface area (Å²) in [5.41, 5.74) is 8.69. The molecule has 0 saturated heterocycles. The summed E-state index contributed by atoms with van der Waals surface area (Å²) in [4.78, 5) is 26.5. The quantitative estimate of drug-likeness (QED) is 0.597. The van der Waals surface area contributed by atoms with Crippen molar-refractivity contribution in [2.45, 2.75) is 19.8 Å². The van der Waals surface area contributed by atoms with Crippen LogP contribution in [0, 0.1) is 6.92 Å². The Morgan fingerprint density at radius 3 is 1.96 bits per heavy atom. The molecule has 0 aromatic heterocycles. The lowest BCUT2D eigenvalue weighted by molar-refractivity contribution is 0.0956. The summed E-state index contributed by atoms with van der Waals surface area (Å²) >= 11 is 0. The minimum absolute atomic E-state index is 0.0326. The zero-order chi connectivity index (χ0) is 17.5. The number of para-hydroxylation sites is 1. The van der Waals surface area contributed by atoms with Crippen LogP contribution in [0.3, 0.4) is 0 Å². The van der Waals surface area contributed by atoms with Crippen molar-refractivity contribution in [2.75, 3.05) is 25.9 Å². The minimum atomic E-state index is 0.0326. The Hall–Kier alpha value is -2.46. The highest BCUT2D eigenvalue weighted by molar-refractivity contribution is 6.00. The Kier molecular flexibility index (Phi) is 6.27. The van der Waals surface area contributed by atoms with E-state index in [2.05, 4.69) is 0 Å². The van der Waals surface area contributed by atoms with E-state index in [9.17, 15) is 9.59 Å². The molecule has 0 amide bonds. The molecule has 2 N–H and O–H groups in total. The van der Waals surface area contributed by atoms with Gasteiger partial charge in [-0.25, -0.2) is 0 Å². The van der Waals surface area contributed by atoms with E-state index in [-0.39, 0.29) is 11.6 Å². The molecule has 2 rings (SSSR count). The number of rotatable bonds is 8. The molecule has 0 saturated carbocycles. The molecule has 2 aromatic rings. The highest BCUT2D eigenvalue weighted by atomic mass is 16.1. The van der Waals surface area contributed by atoms with Crippen LogP contribution < -0.4 is 5.73 Å². The minimum Gasteiger partial charge on any atom is -0.398 e. The molecular weight excluding hydrogens is 300 g/mol. The van der Waals surface area contributed by atoms with Gasteiger partial charge in [0.2, 0.25) is 0 Å². The van der Waals surface area contributed by atoms with Gasteiger partial charge in [0, 0.05) is 42.7 Å². The van der Waals surface area contributed by atoms with E-state index in [1.165, 1.54) is 0 Å². The Morgan fingerprint density at radius 1 is 0.875 bits per heavy atom. The molecule has 0 radical (unpaired) electrons. The number of nitrogens with two attached hydrogens (primary N) is 1. The van der Waals surface area contributed by atoms with Crippen LogP contribution in [0.4, 0.5) is 5.69 Å². The molecule has 126 valence electrons. The molecule has 0 spiro atoms. The van der Waals surface area contributed by atoms with Crippen molar-refractivity contribution < 1.29 is 9.59 Å². The van der Waals surface area contributed by atoms with Crippen LogP contribution in [-0.4, -0.2) is 36.6 Å². The van der Waals surface area contributed by atoms with Crippen LogP contribution >= 0.6 is 0 Å². The summed E-state index contributed by atoms with van der Waals surface area (Å²) in [6, 6.07) is 14.7. The smallest absolute Gasteiger partial charge is 0.166 e.